The minimum absolute atomic E-state index is 0.0259. The van der Waals surface area contributed by atoms with Gasteiger partial charge in [-0.25, -0.2) is 4.39 Å². The summed E-state index contributed by atoms with van der Waals surface area (Å²) in [5, 5.41) is 3.09. The van der Waals surface area contributed by atoms with Crippen LogP contribution in [0, 0.1) is 5.82 Å². The van der Waals surface area contributed by atoms with Crippen LogP contribution in [0.15, 0.2) is 47.5 Å². The van der Waals surface area contributed by atoms with E-state index in [9.17, 15) is 4.39 Å². The van der Waals surface area contributed by atoms with Crippen molar-refractivity contribution in [3.8, 4) is 11.5 Å². The lowest BCUT2D eigenvalue weighted by Gasteiger charge is -2.23. The van der Waals surface area contributed by atoms with E-state index >= 15 is 0 Å². The van der Waals surface area contributed by atoms with Crippen LogP contribution in [0.3, 0.4) is 0 Å². The van der Waals surface area contributed by atoms with Gasteiger partial charge in [0.1, 0.15) is 17.3 Å². The lowest BCUT2D eigenvalue weighted by atomic mass is 10.1. The van der Waals surface area contributed by atoms with Crippen LogP contribution in [0.4, 0.5) is 10.1 Å². The van der Waals surface area contributed by atoms with Gasteiger partial charge in [-0.05, 0) is 57.8 Å². The van der Waals surface area contributed by atoms with Crippen LogP contribution in [0.2, 0.25) is 0 Å². The molecule has 152 valence electrons. The van der Waals surface area contributed by atoms with Crippen LogP contribution in [0.1, 0.15) is 25.5 Å². The molecule has 0 spiro atoms. The van der Waals surface area contributed by atoms with Crippen LogP contribution < -0.4 is 20.5 Å². The van der Waals surface area contributed by atoms with E-state index in [0.29, 0.717) is 31.2 Å². The third-order valence-electron chi connectivity index (χ3n) is 4.14. The molecule has 28 heavy (non-hydrogen) atoms. The summed E-state index contributed by atoms with van der Waals surface area (Å²) in [6.07, 6.45) is 0. The first-order valence-electron chi connectivity index (χ1n) is 9.33. The SMILES string of the molecule is CCOc1ccc(OCC)c(NC(N)=NCC(c2ccc(F)cc2)N(C)C)c1. The van der Waals surface area contributed by atoms with Crippen molar-refractivity contribution >= 4 is 11.6 Å². The highest BCUT2D eigenvalue weighted by molar-refractivity contribution is 5.94. The average Bonchev–Trinajstić information content (AvgIpc) is 2.65. The molecule has 0 aliphatic carbocycles. The molecule has 0 fully saturated rings. The van der Waals surface area contributed by atoms with E-state index in [1.54, 1.807) is 12.1 Å². The number of ether oxygens (including phenoxy) is 2. The maximum Gasteiger partial charge on any atom is 0.193 e. The number of aliphatic imine (C=N–C) groups is 1. The molecule has 1 unspecified atom stereocenters. The fourth-order valence-electron chi connectivity index (χ4n) is 2.76. The van der Waals surface area contributed by atoms with Crippen molar-refractivity contribution in [2.45, 2.75) is 19.9 Å². The van der Waals surface area contributed by atoms with Gasteiger partial charge in [-0.1, -0.05) is 12.1 Å². The first-order chi connectivity index (χ1) is 13.4. The van der Waals surface area contributed by atoms with Gasteiger partial charge in [0.05, 0.1) is 31.5 Å². The Balaban J connectivity index is 2.15. The van der Waals surface area contributed by atoms with Gasteiger partial charge in [-0.2, -0.15) is 0 Å². The molecule has 2 aromatic carbocycles. The molecule has 0 heterocycles. The van der Waals surface area contributed by atoms with Gasteiger partial charge >= 0.3 is 0 Å². The van der Waals surface area contributed by atoms with Crippen LogP contribution in [-0.2, 0) is 0 Å². The predicted octanol–water partition coefficient (Wildman–Crippen LogP) is 3.65. The van der Waals surface area contributed by atoms with Crippen molar-refractivity contribution < 1.29 is 13.9 Å². The van der Waals surface area contributed by atoms with Gasteiger partial charge in [0, 0.05) is 6.07 Å². The zero-order chi connectivity index (χ0) is 20.5. The summed E-state index contributed by atoms with van der Waals surface area (Å²) < 4.78 is 24.4. The van der Waals surface area contributed by atoms with E-state index in [2.05, 4.69) is 10.3 Å². The topological polar surface area (TPSA) is 72.1 Å². The number of hydrogen-bond acceptors (Lipinski definition) is 4. The summed E-state index contributed by atoms with van der Waals surface area (Å²) in [5.74, 6) is 1.40. The van der Waals surface area contributed by atoms with Crippen LogP contribution in [0.25, 0.3) is 0 Å². The van der Waals surface area contributed by atoms with Gasteiger partial charge < -0.3 is 25.4 Å². The number of rotatable bonds is 9. The number of nitrogens with one attached hydrogen (secondary N) is 1. The number of likely N-dealkylation sites (N-methyl/N-ethyl adjacent to an activating group) is 1. The number of guanidine groups is 1. The molecule has 0 radical (unpaired) electrons. The fraction of sp³-hybridized carbons (Fsp3) is 0.381. The van der Waals surface area contributed by atoms with E-state index in [1.165, 1.54) is 12.1 Å². The zero-order valence-corrected chi connectivity index (χ0v) is 16.9. The molecule has 0 amide bonds. The minimum Gasteiger partial charge on any atom is -0.494 e. The lowest BCUT2D eigenvalue weighted by molar-refractivity contribution is 0.306. The first kappa shape index (κ1) is 21.5. The second kappa shape index (κ2) is 10.5. The summed E-state index contributed by atoms with van der Waals surface area (Å²) in [5.41, 5.74) is 7.77. The quantitative estimate of drug-likeness (QED) is 0.507. The van der Waals surface area contributed by atoms with Gasteiger partial charge in [0.15, 0.2) is 5.96 Å². The number of anilines is 1. The number of hydrogen-bond donors (Lipinski definition) is 2. The molecular weight excluding hydrogens is 359 g/mol. The Morgan fingerprint density at radius 3 is 2.39 bits per heavy atom. The van der Waals surface area contributed by atoms with E-state index < -0.39 is 0 Å². The molecule has 0 aliphatic rings. The molecule has 7 heteroatoms. The second-order valence-electron chi connectivity index (χ2n) is 6.41. The Kier molecular flexibility index (Phi) is 8.07. The molecule has 2 rings (SSSR count). The van der Waals surface area contributed by atoms with Crippen molar-refractivity contribution in [3.63, 3.8) is 0 Å². The van der Waals surface area contributed by atoms with Crippen LogP contribution >= 0.6 is 0 Å². The van der Waals surface area contributed by atoms with Crippen molar-refractivity contribution in [1.29, 1.82) is 0 Å². The van der Waals surface area contributed by atoms with E-state index in [-0.39, 0.29) is 17.8 Å². The highest BCUT2D eigenvalue weighted by Crippen LogP contribution is 2.29. The Morgan fingerprint density at radius 2 is 1.79 bits per heavy atom. The maximum absolute atomic E-state index is 13.2. The highest BCUT2D eigenvalue weighted by Gasteiger charge is 2.14. The van der Waals surface area contributed by atoms with Gasteiger partial charge in [0.25, 0.3) is 0 Å². The summed E-state index contributed by atoms with van der Waals surface area (Å²) in [7, 11) is 3.90. The third-order valence-corrected chi connectivity index (χ3v) is 4.14. The molecule has 1 atom stereocenters. The molecule has 2 aromatic rings. The number of halogens is 1. The molecule has 6 nitrogen and oxygen atoms in total. The number of benzene rings is 2. The largest absolute Gasteiger partial charge is 0.494 e. The Hall–Kier alpha value is -2.80. The normalized spacial score (nSPS) is 12.7. The zero-order valence-electron chi connectivity index (χ0n) is 16.9. The monoisotopic (exact) mass is 388 g/mol. The van der Waals surface area contributed by atoms with E-state index in [4.69, 9.17) is 15.2 Å². The molecule has 0 aromatic heterocycles. The average molecular weight is 388 g/mol. The van der Waals surface area contributed by atoms with E-state index in [0.717, 1.165) is 11.3 Å². The third kappa shape index (κ3) is 6.13. The van der Waals surface area contributed by atoms with Gasteiger partial charge in [0.2, 0.25) is 0 Å². The smallest absolute Gasteiger partial charge is 0.193 e. The molecule has 0 saturated heterocycles. The molecule has 0 bridgehead atoms. The van der Waals surface area contributed by atoms with Crippen molar-refractivity contribution in [1.82, 2.24) is 4.90 Å². The summed E-state index contributed by atoms with van der Waals surface area (Å²) >= 11 is 0. The molecular formula is C21H29FN4O2. The summed E-state index contributed by atoms with van der Waals surface area (Å²) in [6.45, 7) is 5.37. The second-order valence-corrected chi connectivity index (χ2v) is 6.41. The van der Waals surface area contributed by atoms with Gasteiger partial charge in [-0.15, -0.1) is 0 Å². The Bertz CT molecular complexity index is 778. The number of nitrogens with two attached hydrogens (primary N) is 1. The first-order valence-corrected chi connectivity index (χ1v) is 9.33. The van der Waals surface area contributed by atoms with Crippen LogP contribution in [0.5, 0.6) is 11.5 Å². The predicted molar refractivity (Wildman–Crippen MR) is 112 cm³/mol. The number of nitrogens with zero attached hydrogens (tertiary/aromatic N) is 2. The summed E-state index contributed by atoms with van der Waals surface area (Å²) in [4.78, 5) is 6.49. The van der Waals surface area contributed by atoms with Crippen molar-refractivity contribution in [3.05, 3.63) is 53.8 Å². The van der Waals surface area contributed by atoms with Crippen molar-refractivity contribution in [2.75, 3.05) is 39.2 Å². The van der Waals surface area contributed by atoms with Gasteiger partial charge in [-0.3, -0.25) is 4.99 Å². The Morgan fingerprint density at radius 1 is 1.11 bits per heavy atom. The molecule has 0 aliphatic heterocycles. The highest BCUT2D eigenvalue weighted by atomic mass is 19.1. The van der Waals surface area contributed by atoms with Crippen LogP contribution in [-0.4, -0.2) is 44.7 Å². The minimum atomic E-state index is -0.261. The van der Waals surface area contributed by atoms with Crippen molar-refractivity contribution in [2.24, 2.45) is 10.7 Å². The maximum atomic E-state index is 13.2. The molecule has 3 N–H and O–H groups in total. The summed E-state index contributed by atoms with van der Waals surface area (Å²) in [6, 6.07) is 11.9. The Labute approximate surface area is 166 Å². The van der Waals surface area contributed by atoms with E-state index in [1.807, 2.05) is 51.0 Å². The fourth-order valence-corrected chi connectivity index (χ4v) is 2.76. The standard InChI is InChI=1S/C21H29FN4O2/c1-5-27-17-11-12-20(28-6-2)18(13-17)25-21(23)24-14-19(26(3)4)15-7-9-16(22)10-8-15/h7-13,19H,5-6,14H2,1-4H3,(H3,23,24,25). The molecule has 0 saturated carbocycles. The lowest BCUT2D eigenvalue weighted by Crippen LogP contribution is -2.27.